The summed E-state index contributed by atoms with van der Waals surface area (Å²) in [6, 6.07) is 7.83. The zero-order valence-electron chi connectivity index (χ0n) is 12.5. The van der Waals surface area contributed by atoms with Gasteiger partial charge in [0.15, 0.2) is 0 Å². The molecule has 20 heavy (non-hydrogen) atoms. The van der Waals surface area contributed by atoms with Crippen LogP contribution in [0.2, 0.25) is 0 Å². The van der Waals surface area contributed by atoms with E-state index in [1.165, 1.54) is 0 Å². The zero-order chi connectivity index (χ0) is 14.6. The predicted molar refractivity (Wildman–Crippen MR) is 79.8 cm³/mol. The van der Waals surface area contributed by atoms with E-state index < -0.39 is 0 Å². The molecule has 1 aliphatic rings. The van der Waals surface area contributed by atoms with E-state index >= 15 is 0 Å². The van der Waals surface area contributed by atoms with Crippen LogP contribution in [0, 0.1) is 5.41 Å². The summed E-state index contributed by atoms with van der Waals surface area (Å²) >= 11 is 0. The van der Waals surface area contributed by atoms with Gasteiger partial charge in [0.05, 0.1) is 13.2 Å². The van der Waals surface area contributed by atoms with Gasteiger partial charge in [-0.3, -0.25) is 4.79 Å². The Morgan fingerprint density at radius 1 is 1.40 bits per heavy atom. The van der Waals surface area contributed by atoms with Crippen molar-refractivity contribution < 1.29 is 9.53 Å². The van der Waals surface area contributed by atoms with Crippen molar-refractivity contribution in [2.45, 2.75) is 32.7 Å². The fraction of sp³-hybridized carbons (Fsp3) is 0.562. The molecule has 1 heterocycles. The van der Waals surface area contributed by atoms with Crippen LogP contribution in [0.25, 0.3) is 0 Å². The first-order chi connectivity index (χ1) is 9.55. The van der Waals surface area contributed by atoms with Gasteiger partial charge in [0, 0.05) is 5.41 Å². The van der Waals surface area contributed by atoms with Crippen LogP contribution in [0.3, 0.4) is 0 Å². The minimum atomic E-state index is -0.252. The van der Waals surface area contributed by atoms with Gasteiger partial charge in [-0.2, -0.15) is 0 Å². The number of hydrogen-bond acceptors (Lipinski definition) is 3. The number of methoxy groups -OCH3 is 1. The Kier molecular flexibility index (Phi) is 4.65. The SMILES string of the molecule is COc1cccc([C@@H](C)NC(=O)C2(C)CCNCC2)c1. The number of rotatable bonds is 4. The molecule has 0 unspecified atom stereocenters. The largest absolute Gasteiger partial charge is 0.497 e. The highest BCUT2D eigenvalue weighted by molar-refractivity contribution is 5.82. The molecule has 0 spiro atoms. The highest BCUT2D eigenvalue weighted by Gasteiger charge is 2.35. The maximum absolute atomic E-state index is 12.5. The molecule has 1 aromatic rings. The standard InChI is InChI=1S/C16H24N2O2/c1-12(13-5-4-6-14(11-13)20-3)18-15(19)16(2)7-9-17-10-8-16/h4-6,11-12,17H,7-10H2,1-3H3,(H,18,19)/t12-/m1/s1. The van der Waals surface area contributed by atoms with Crippen molar-refractivity contribution in [3.63, 3.8) is 0 Å². The second-order valence-electron chi connectivity index (χ2n) is 5.78. The molecule has 0 bridgehead atoms. The monoisotopic (exact) mass is 276 g/mol. The van der Waals surface area contributed by atoms with E-state index in [1.807, 2.05) is 31.2 Å². The van der Waals surface area contributed by atoms with E-state index in [0.29, 0.717) is 0 Å². The summed E-state index contributed by atoms with van der Waals surface area (Å²) in [7, 11) is 1.65. The first-order valence-corrected chi connectivity index (χ1v) is 7.21. The van der Waals surface area contributed by atoms with Crippen LogP contribution in [-0.2, 0) is 4.79 Å². The van der Waals surface area contributed by atoms with Crippen molar-refractivity contribution >= 4 is 5.91 Å². The van der Waals surface area contributed by atoms with Crippen molar-refractivity contribution in [2.75, 3.05) is 20.2 Å². The van der Waals surface area contributed by atoms with Crippen LogP contribution in [0.5, 0.6) is 5.75 Å². The number of carbonyl (C=O) groups is 1. The van der Waals surface area contributed by atoms with Crippen molar-refractivity contribution in [3.05, 3.63) is 29.8 Å². The van der Waals surface area contributed by atoms with Gasteiger partial charge in [-0.1, -0.05) is 19.1 Å². The number of nitrogens with one attached hydrogen (secondary N) is 2. The van der Waals surface area contributed by atoms with Crippen LogP contribution in [0.15, 0.2) is 24.3 Å². The molecule has 2 rings (SSSR count). The Labute approximate surface area is 120 Å². The Bertz CT molecular complexity index is 467. The van der Waals surface area contributed by atoms with E-state index in [0.717, 1.165) is 37.2 Å². The van der Waals surface area contributed by atoms with Crippen molar-refractivity contribution in [1.82, 2.24) is 10.6 Å². The number of benzene rings is 1. The average Bonchev–Trinajstić information content (AvgIpc) is 2.48. The topological polar surface area (TPSA) is 50.4 Å². The van der Waals surface area contributed by atoms with Gasteiger partial charge in [-0.25, -0.2) is 0 Å². The van der Waals surface area contributed by atoms with E-state index in [1.54, 1.807) is 7.11 Å². The quantitative estimate of drug-likeness (QED) is 0.887. The minimum absolute atomic E-state index is 0.00990. The van der Waals surface area contributed by atoms with Gasteiger partial charge in [0.25, 0.3) is 0 Å². The van der Waals surface area contributed by atoms with Crippen molar-refractivity contribution in [1.29, 1.82) is 0 Å². The smallest absolute Gasteiger partial charge is 0.226 e. The van der Waals surface area contributed by atoms with Crippen LogP contribution < -0.4 is 15.4 Å². The minimum Gasteiger partial charge on any atom is -0.497 e. The first-order valence-electron chi connectivity index (χ1n) is 7.21. The molecule has 0 aliphatic carbocycles. The van der Waals surface area contributed by atoms with E-state index in [4.69, 9.17) is 4.74 Å². The molecule has 110 valence electrons. The van der Waals surface area contributed by atoms with Gasteiger partial charge in [-0.15, -0.1) is 0 Å². The second-order valence-corrected chi connectivity index (χ2v) is 5.78. The number of hydrogen-bond donors (Lipinski definition) is 2. The predicted octanol–water partition coefficient (Wildman–Crippen LogP) is 2.26. The molecule has 0 radical (unpaired) electrons. The molecule has 1 aliphatic heterocycles. The molecular weight excluding hydrogens is 252 g/mol. The molecule has 1 aromatic carbocycles. The van der Waals surface area contributed by atoms with Crippen LogP contribution >= 0.6 is 0 Å². The second kappa shape index (κ2) is 6.27. The average molecular weight is 276 g/mol. The molecule has 1 saturated heterocycles. The van der Waals surface area contributed by atoms with E-state index in [9.17, 15) is 4.79 Å². The number of piperidine rings is 1. The third kappa shape index (κ3) is 3.31. The molecule has 1 amide bonds. The van der Waals surface area contributed by atoms with Gasteiger partial charge in [0.1, 0.15) is 5.75 Å². The summed E-state index contributed by atoms with van der Waals surface area (Å²) in [5.74, 6) is 0.964. The van der Waals surface area contributed by atoms with Gasteiger partial charge in [-0.05, 0) is 50.6 Å². The van der Waals surface area contributed by atoms with E-state index in [2.05, 4.69) is 17.6 Å². The van der Waals surface area contributed by atoms with Crippen LogP contribution in [0.4, 0.5) is 0 Å². The molecule has 1 atom stereocenters. The maximum Gasteiger partial charge on any atom is 0.226 e. The van der Waals surface area contributed by atoms with Crippen molar-refractivity contribution in [3.8, 4) is 5.75 Å². The summed E-state index contributed by atoms with van der Waals surface area (Å²) in [6.07, 6.45) is 1.79. The summed E-state index contributed by atoms with van der Waals surface area (Å²) < 4.78 is 5.23. The third-order valence-electron chi connectivity index (χ3n) is 4.20. The Balaban J connectivity index is 2.02. The molecule has 2 N–H and O–H groups in total. The Morgan fingerprint density at radius 3 is 2.75 bits per heavy atom. The molecule has 0 saturated carbocycles. The summed E-state index contributed by atoms with van der Waals surface area (Å²) in [5.41, 5.74) is 0.813. The zero-order valence-corrected chi connectivity index (χ0v) is 12.5. The fourth-order valence-corrected chi connectivity index (χ4v) is 2.57. The Morgan fingerprint density at radius 2 is 2.10 bits per heavy atom. The lowest BCUT2D eigenvalue weighted by molar-refractivity contribution is -0.132. The van der Waals surface area contributed by atoms with E-state index in [-0.39, 0.29) is 17.4 Å². The lowest BCUT2D eigenvalue weighted by Crippen LogP contribution is -2.46. The van der Waals surface area contributed by atoms with Crippen LogP contribution in [-0.4, -0.2) is 26.1 Å². The maximum atomic E-state index is 12.5. The molecular formula is C16H24N2O2. The summed E-state index contributed by atoms with van der Waals surface area (Å²) in [5, 5.41) is 6.43. The lowest BCUT2D eigenvalue weighted by Gasteiger charge is -2.33. The van der Waals surface area contributed by atoms with Crippen molar-refractivity contribution in [2.24, 2.45) is 5.41 Å². The lowest BCUT2D eigenvalue weighted by atomic mass is 9.80. The van der Waals surface area contributed by atoms with Gasteiger partial charge < -0.3 is 15.4 Å². The molecule has 4 heteroatoms. The van der Waals surface area contributed by atoms with Gasteiger partial charge >= 0.3 is 0 Å². The first kappa shape index (κ1) is 14.9. The summed E-state index contributed by atoms with van der Waals surface area (Å²) in [6.45, 7) is 5.90. The highest BCUT2D eigenvalue weighted by Crippen LogP contribution is 2.29. The Hall–Kier alpha value is -1.55. The third-order valence-corrected chi connectivity index (χ3v) is 4.20. The summed E-state index contributed by atoms with van der Waals surface area (Å²) in [4.78, 5) is 12.5. The fourth-order valence-electron chi connectivity index (χ4n) is 2.57. The highest BCUT2D eigenvalue weighted by atomic mass is 16.5. The molecule has 4 nitrogen and oxygen atoms in total. The van der Waals surface area contributed by atoms with Crippen LogP contribution in [0.1, 0.15) is 38.3 Å². The van der Waals surface area contributed by atoms with Gasteiger partial charge in [0.2, 0.25) is 5.91 Å². The number of ether oxygens (including phenoxy) is 1. The number of carbonyl (C=O) groups excluding carboxylic acids is 1. The number of amides is 1. The molecule has 1 fully saturated rings. The molecule has 0 aromatic heterocycles. The normalized spacial score (nSPS) is 19.1.